The molecule has 1 heterocycles. The molecule has 0 aromatic heterocycles. The molecule has 0 amide bonds. The van der Waals surface area contributed by atoms with Gasteiger partial charge in [0.2, 0.25) is 0 Å². The van der Waals surface area contributed by atoms with Crippen molar-refractivity contribution in [2.75, 3.05) is 13.1 Å². The summed E-state index contributed by atoms with van der Waals surface area (Å²) < 4.78 is 0. The van der Waals surface area contributed by atoms with Gasteiger partial charge in [-0.1, -0.05) is 46.0 Å². The van der Waals surface area contributed by atoms with Crippen LogP contribution in [0.15, 0.2) is 0 Å². The number of nitrogens with zero attached hydrogens (tertiary/aromatic N) is 1. The molecule has 1 saturated heterocycles. The Morgan fingerprint density at radius 1 is 1.17 bits per heavy atom. The van der Waals surface area contributed by atoms with Crippen molar-refractivity contribution in [3.8, 4) is 0 Å². The fourth-order valence-corrected chi connectivity index (χ4v) is 3.43. The summed E-state index contributed by atoms with van der Waals surface area (Å²) in [5.74, 6) is 0. The molecule has 1 rings (SSSR count). The molecular weight excluding hydrogens is 220 g/mol. The Morgan fingerprint density at radius 2 is 1.94 bits per heavy atom. The van der Waals surface area contributed by atoms with Crippen molar-refractivity contribution in [1.29, 1.82) is 0 Å². The molecule has 2 unspecified atom stereocenters. The second kappa shape index (κ2) is 8.16. The van der Waals surface area contributed by atoms with Gasteiger partial charge >= 0.3 is 0 Å². The van der Waals surface area contributed by atoms with E-state index in [1.54, 1.807) is 0 Å². The van der Waals surface area contributed by atoms with Crippen LogP contribution in [0, 0.1) is 0 Å². The van der Waals surface area contributed by atoms with Crippen molar-refractivity contribution in [2.24, 2.45) is 5.73 Å². The number of hydrogen-bond acceptors (Lipinski definition) is 2. The highest BCUT2D eigenvalue weighted by molar-refractivity contribution is 4.92. The van der Waals surface area contributed by atoms with Crippen LogP contribution >= 0.6 is 0 Å². The summed E-state index contributed by atoms with van der Waals surface area (Å²) >= 11 is 0. The Kier molecular flexibility index (Phi) is 7.25. The summed E-state index contributed by atoms with van der Waals surface area (Å²) in [5.41, 5.74) is 6.38. The van der Waals surface area contributed by atoms with E-state index in [4.69, 9.17) is 5.73 Å². The second-order valence-electron chi connectivity index (χ2n) is 6.26. The van der Waals surface area contributed by atoms with Gasteiger partial charge in [-0.15, -0.1) is 0 Å². The molecule has 0 spiro atoms. The number of hydrogen-bond donors (Lipinski definition) is 1. The molecule has 2 atom stereocenters. The van der Waals surface area contributed by atoms with E-state index in [9.17, 15) is 0 Å². The van der Waals surface area contributed by atoms with Crippen molar-refractivity contribution in [3.05, 3.63) is 0 Å². The lowest BCUT2D eigenvalue weighted by molar-refractivity contribution is 0.0522. The summed E-state index contributed by atoms with van der Waals surface area (Å²) in [6.45, 7) is 9.09. The van der Waals surface area contributed by atoms with Crippen LogP contribution in [0.2, 0.25) is 0 Å². The molecule has 0 bridgehead atoms. The smallest absolute Gasteiger partial charge is 0.0306 e. The van der Waals surface area contributed by atoms with Crippen LogP contribution in [0.5, 0.6) is 0 Å². The van der Waals surface area contributed by atoms with Crippen LogP contribution in [0.4, 0.5) is 0 Å². The minimum absolute atomic E-state index is 0.236. The lowest BCUT2D eigenvalue weighted by Gasteiger charge is -2.45. The van der Waals surface area contributed by atoms with Gasteiger partial charge in [0, 0.05) is 18.1 Å². The highest BCUT2D eigenvalue weighted by atomic mass is 15.2. The summed E-state index contributed by atoms with van der Waals surface area (Å²) in [6, 6.07) is 0.766. The maximum absolute atomic E-state index is 6.15. The van der Waals surface area contributed by atoms with E-state index < -0.39 is 0 Å². The van der Waals surface area contributed by atoms with Crippen molar-refractivity contribution in [1.82, 2.24) is 4.90 Å². The van der Waals surface area contributed by atoms with Crippen LogP contribution in [0.25, 0.3) is 0 Å². The molecule has 0 radical (unpaired) electrons. The first-order valence-electron chi connectivity index (χ1n) is 8.14. The van der Waals surface area contributed by atoms with Gasteiger partial charge in [-0.05, 0) is 39.2 Å². The zero-order valence-corrected chi connectivity index (χ0v) is 12.9. The van der Waals surface area contributed by atoms with E-state index in [0.717, 1.165) is 12.6 Å². The molecular formula is C16H34N2. The van der Waals surface area contributed by atoms with Crippen molar-refractivity contribution >= 4 is 0 Å². The van der Waals surface area contributed by atoms with E-state index in [2.05, 4.69) is 25.7 Å². The highest BCUT2D eigenvalue weighted by Crippen LogP contribution is 2.30. The Hall–Kier alpha value is -0.0800. The van der Waals surface area contributed by atoms with Crippen molar-refractivity contribution in [2.45, 2.75) is 90.1 Å². The molecule has 1 aliphatic heterocycles. The van der Waals surface area contributed by atoms with Gasteiger partial charge in [0.15, 0.2) is 0 Å². The predicted octanol–water partition coefficient (Wildman–Crippen LogP) is 3.94. The van der Waals surface area contributed by atoms with Crippen LogP contribution in [-0.4, -0.2) is 29.6 Å². The van der Waals surface area contributed by atoms with Crippen LogP contribution in [-0.2, 0) is 0 Å². The maximum atomic E-state index is 6.15. The lowest BCUT2D eigenvalue weighted by atomic mass is 9.89. The number of likely N-dealkylation sites (tertiary alicyclic amines) is 1. The molecule has 0 aliphatic carbocycles. The molecule has 2 nitrogen and oxygen atoms in total. The normalized spacial score (nSPS) is 25.7. The molecule has 108 valence electrons. The first-order chi connectivity index (χ1) is 8.68. The fraction of sp³-hybridized carbons (Fsp3) is 1.00. The molecule has 0 aromatic carbocycles. The molecule has 2 N–H and O–H groups in total. The first-order valence-corrected chi connectivity index (χ1v) is 8.14. The third-order valence-corrected chi connectivity index (χ3v) is 4.80. The summed E-state index contributed by atoms with van der Waals surface area (Å²) in [6.07, 6.45) is 12.1. The molecule has 18 heavy (non-hydrogen) atoms. The summed E-state index contributed by atoms with van der Waals surface area (Å²) in [4.78, 5) is 2.76. The van der Waals surface area contributed by atoms with E-state index in [1.807, 2.05) is 0 Å². The van der Waals surface area contributed by atoms with Gasteiger partial charge in [-0.3, -0.25) is 4.90 Å². The average molecular weight is 254 g/mol. The monoisotopic (exact) mass is 254 g/mol. The Balaban J connectivity index is 2.68. The van der Waals surface area contributed by atoms with Gasteiger partial charge in [-0.2, -0.15) is 0 Å². The third kappa shape index (κ3) is 4.24. The minimum Gasteiger partial charge on any atom is -0.329 e. The standard InChI is InChI=1S/C16H34N2/c1-4-6-9-12-16(3,14-17)18-13-10-7-8-11-15(18)5-2/h15H,4-14,17H2,1-3H3. The Bertz CT molecular complexity index is 217. The molecule has 1 aliphatic rings. The van der Waals surface area contributed by atoms with Crippen LogP contribution in [0.1, 0.15) is 78.6 Å². The first kappa shape index (κ1) is 16.0. The Morgan fingerprint density at radius 3 is 2.56 bits per heavy atom. The van der Waals surface area contributed by atoms with Crippen molar-refractivity contribution < 1.29 is 0 Å². The Labute approximate surface area is 114 Å². The SMILES string of the molecule is CCCCCC(C)(CN)N1CCCCCC1CC. The maximum Gasteiger partial charge on any atom is 0.0306 e. The predicted molar refractivity (Wildman–Crippen MR) is 80.9 cm³/mol. The highest BCUT2D eigenvalue weighted by Gasteiger charge is 2.34. The molecule has 1 fully saturated rings. The molecule has 0 aromatic rings. The van der Waals surface area contributed by atoms with E-state index in [1.165, 1.54) is 64.3 Å². The third-order valence-electron chi connectivity index (χ3n) is 4.80. The summed E-state index contributed by atoms with van der Waals surface area (Å²) in [7, 11) is 0. The number of nitrogens with two attached hydrogens (primary N) is 1. The largest absolute Gasteiger partial charge is 0.329 e. The molecule has 0 saturated carbocycles. The quantitative estimate of drug-likeness (QED) is 0.697. The lowest BCUT2D eigenvalue weighted by Crippen LogP contribution is -2.55. The van der Waals surface area contributed by atoms with Gasteiger partial charge < -0.3 is 5.73 Å². The number of unbranched alkanes of at least 4 members (excludes halogenated alkanes) is 2. The van der Waals surface area contributed by atoms with Gasteiger partial charge in [0.05, 0.1) is 0 Å². The number of rotatable bonds is 7. The fourth-order valence-electron chi connectivity index (χ4n) is 3.43. The molecule has 2 heteroatoms. The van der Waals surface area contributed by atoms with Gasteiger partial charge in [-0.25, -0.2) is 0 Å². The zero-order valence-electron chi connectivity index (χ0n) is 12.9. The van der Waals surface area contributed by atoms with Crippen molar-refractivity contribution in [3.63, 3.8) is 0 Å². The van der Waals surface area contributed by atoms with Crippen LogP contribution in [0.3, 0.4) is 0 Å². The average Bonchev–Trinajstić information content (AvgIpc) is 2.64. The minimum atomic E-state index is 0.236. The zero-order chi connectivity index (χ0) is 13.4. The van der Waals surface area contributed by atoms with Gasteiger partial charge in [0.25, 0.3) is 0 Å². The van der Waals surface area contributed by atoms with Crippen LogP contribution < -0.4 is 5.73 Å². The topological polar surface area (TPSA) is 29.3 Å². The summed E-state index contributed by atoms with van der Waals surface area (Å²) in [5, 5.41) is 0. The second-order valence-corrected chi connectivity index (χ2v) is 6.26. The van der Waals surface area contributed by atoms with E-state index in [-0.39, 0.29) is 5.54 Å². The van der Waals surface area contributed by atoms with E-state index in [0.29, 0.717) is 0 Å². The van der Waals surface area contributed by atoms with Gasteiger partial charge in [0.1, 0.15) is 0 Å². The van der Waals surface area contributed by atoms with E-state index >= 15 is 0 Å².